The number of aliphatic imine (C=N–C) groups is 1. The molecule has 2 aromatic carbocycles. The third kappa shape index (κ3) is 4.06. The van der Waals surface area contributed by atoms with Crippen molar-refractivity contribution in [3.63, 3.8) is 0 Å². The van der Waals surface area contributed by atoms with Gasteiger partial charge in [-0.3, -0.25) is 9.98 Å². The topological polar surface area (TPSA) is 49.0 Å². The van der Waals surface area contributed by atoms with Crippen LogP contribution in [0, 0.1) is 25.2 Å². The van der Waals surface area contributed by atoms with Gasteiger partial charge in [0.2, 0.25) is 0 Å². The monoisotopic (exact) mass is 357 g/mol. The van der Waals surface area contributed by atoms with E-state index in [9.17, 15) is 0 Å². The van der Waals surface area contributed by atoms with Gasteiger partial charge < -0.3 is 0 Å². The average molecular weight is 358 g/mol. The van der Waals surface area contributed by atoms with E-state index in [2.05, 4.69) is 48.9 Å². The molecule has 0 saturated heterocycles. The largest absolute Gasteiger partial charge is 0.287 e. The molecule has 0 spiro atoms. The molecule has 0 aliphatic carbocycles. The summed E-state index contributed by atoms with van der Waals surface area (Å²) in [5.41, 5.74) is 8.40. The first-order valence-corrected chi connectivity index (χ1v) is 9.45. The third-order valence-electron chi connectivity index (χ3n) is 4.64. The van der Waals surface area contributed by atoms with Gasteiger partial charge in [0, 0.05) is 29.8 Å². The Morgan fingerprint density at radius 1 is 1.07 bits per heavy atom. The van der Waals surface area contributed by atoms with Crippen LogP contribution < -0.4 is 0 Å². The molecule has 3 aromatic rings. The molecule has 0 atom stereocenters. The second-order valence-electron chi connectivity index (χ2n) is 6.23. The number of pyridine rings is 1. The van der Waals surface area contributed by atoms with Gasteiger partial charge in [-0.1, -0.05) is 32.9 Å². The Morgan fingerprint density at radius 3 is 2.30 bits per heavy atom. The summed E-state index contributed by atoms with van der Waals surface area (Å²) < 4.78 is 0. The maximum Gasteiger partial charge on any atom is 0.0991 e. The lowest BCUT2D eigenvalue weighted by molar-refractivity contribution is 1.11. The lowest BCUT2D eigenvalue weighted by Crippen LogP contribution is -2.08. The van der Waals surface area contributed by atoms with Gasteiger partial charge in [0.05, 0.1) is 22.9 Å². The van der Waals surface area contributed by atoms with Gasteiger partial charge in [0.1, 0.15) is 0 Å². The molecule has 3 heteroatoms. The van der Waals surface area contributed by atoms with E-state index >= 15 is 0 Å². The molecule has 0 amide bonds. The molecule has 3 rings (SSSR count). The normalized spacial score (nSPS) is 10.9. The highest BCUT2D eigenvalue weighted by Crippen LogP contribution is 2.27. The van der Waals surface area contributed by atoms with E-state index in [4.69, 9.17) is 5.26 Å². The number of nitriles is 1. The number of hydrogen-bond acceptors (Lipinski definition) is 3. The molecule has 0 unspecified atom stereocenters. The highest BCUT2D eigenvalue weighted by Gasteiger charge is 2.15. The van der Waals surface area contributed by atoms with Gasteiger partial charge in [0.15, 0.2) is 0 Å². The summed E-state index contributed by atoms with van der Waals surface area (Å²) in [6.45, 7) is 10.4. The zero-order chi connectivity index (χ0) is 20.0. The van der Waals surface area contributed by atoms with Crippen LogP contribution in [0.25, 0.3) is 10.9 Å². The Hall–Kier alpha value is -2.99. The molecule has 0 aliphatic rings. The fourth-order valence-corrected chi connectivity index (χ4v) is 3.27. The number of benzene rings is 2. The summed E-state index contributed by atoms with van der Waals surface area (Å²) in [6, 6.07) is 14.1. The Kier molecular flexibility index (Phi) is 6.85. The molecule has 0 saturated carbocycles. The van der Waals surface area contributed by atoms with Crippen LogP contribution in [-0.4, -0.2) is 17.7 Å². The zero-order valence-electron chi connectivity index (χ0n) is 17.1. The van der Waals surface area contributed by atoms with Gasteiger partial charge in [0.25, 0.3) is 0 Å². The van der Waals surface area contributed by atoms with Crippen molar-refractivity contribution in [2.45, 2.75) is 41.0 Å². The average Bonchev–Trinajstić information content (AvgIpc) is 2.71. The van der Waals surface area contributed by atoms with E-state index in [1.165, 1.54) is 11.1 Å². The number of aryl methyl sites for hydroxylation is 3. The van der Waals surface area contributed by atoms with Crippen molar-refractivity contribution >= 4 is 16.6 Å². The molecule has 0 radical (unpaired) electrons. The fraction of sp³-hybridized carbons (Fsp3) is 0.292. The quantitative estimate of drug-likeness (QED) is 0.558. The summed E-state index contributed by atoms with van der Waals surface area (Å²) >= 11 is 0. The number of aromatic nitrogens is 1. The van der Waals surface area contributed by atoms with E-state index in [0.717, 1.165) is 39.7 Å². The van der Waals surface area contributed by atoms with E-state index < -0.39 is 0 Å². The molecular formula is C24H27N3. The third-order valence-corrected chi connectivity index (χ3v) is 4.64. The van der Waals surface area contributed by atoms with Gasteiger partial charge in [-0.2, -0.15) is 5.26 Å². The second kappa shape index (κ2) is 9.09. The fourth-order valence-electron chi connectivity index (χ4n) is 3.27. The molecule has 0 fully saturated rings. The molecule has 27 heavy (non-hydrogen) atoms. The van der Waals surface area contributed by atoms with E-state index in [0.29, 0.717) is 5.56 Å². The molecule has 1 aromatic heterocycles. The first-order valence-electron chi connectivity index (χ1n) is 9.45. The first kappa shape index (κ1) is 20.3. The van der Waals surface area contributed by atoms with Gasteiger partial charge >= 0.3 is 0 Å². The molecule has 138 valence electrons. The molecule has 1 heterocycles. The van der Waals surface area contributed by atoms with Crippen molar-refractivity contribution in [3.05, 3.63) is 76.0 Å². The standard InChI is InChI=1S/C22H21N3.C2H6/c1-5-17-11-20-19(10-14(17)2)21(15(3)13-25-20)22(24-4)18-8-6-16(12-23)7-9-18;1-2/h6-11,13H,5H2,1-4H3;1-2H3. The van der Waals surface area contributed by atoms with Crippen LogP contribution in [0.3, 0.4) is 0 Å². The lowest BCUT2D eigenvalue weighted by Gasteiger charge is -2.15. The minimum atomic E-state index is 0.652. The summed E-state index contributed by atoms with van der Waals surface area (Å²) in [5, 5.41) is 10.1. The van der Waals surface area contributed by atoms with Crippen molar-refractivity contribution in [1.82, 2.24) is 4.98 Å². The highest BCUT2D eigenvalue weighted by atomic mass is 14.7. The number of rotatable bonds is 3. The number of fused-ring (bicyclic) bond motifs is 1. The Balaban J connectivity index is 0.00000126. The van der Waals surface area contributed by atoms with Crippen LogP contribution in [0.2, 0.25) is 0 Å². The minimum Gasteiger partial charge on any atom is -0.287 e. The Labute approximate surface area is 162 Å². The van der Waals surface area contributed by atoms with E-state index in [1.54, 1.807) is 0 Å². The summed E-state index contributed by atoms with van der Waals surface area (Å²) in [6.07, 6.45) is 2.91. The smallest absolute Gasteiger partial charge is 0.0991 e. The highest BCUT2D eigenvalue weighted by molar-refractivity contribution is 6.20. The Morgan fingerprint density at radius 2 is 1.74 bits per heavy atom. The maximum atomic E-state index is 9.02. The molecule has 3 nitrogen and oxygen atoms in total. The van der Waals surface area contributed by atoms with Crippen molar-refractivity contribution in [2.75, 3.05) is 7.05 Å². The predicted molar refractivity (Wildman–Crippen MR) is 115 cm³/mol. The molecular weight excluding hydrogens is 330 g/mol. The molecule has 0 N–H and O–H groups in total. The minimum absolute atomic E-state index is 0.652. The summed E-state index contributed by atoms with van der Waals surface area (Å²) in [7, 11) is 1.81. The van der Waals surface area contributed by atoms with Crippen molar-refractivity contribution < 1.29 is 0 Å². The first-order chi connectivity index (χ1) is 13.1. The van der Waals surface area contributed by atoms with Crippen LogP contribution in [-0.2, 0) is 6.42 Å². The van der Waals surface area contributed by atoms with Gasteiger partial charge in [-0.05, 0) is 61.2 Å². The van der Waals surface area contributed by atoms with Crippen molar-refractivity contribution in [3.8, 4) is 6.07 Å². The van der Waals surface area contributed by atoms with Crippen LogP contribution in [0.1, 0.15) is 54.2 Å². The van der Waals surface area contributed by atoms with Crippen LogP contribution in [0.15, 0.2) is 47.6 Å². The lowest BCUT2D eigenvalue weighted by atomic mass is 9.92. The van der Waals surface area contributed by atoms with Gasteiger partial charge in [-0.15, -0.1) is 0 Å². The predicted octanol–water partition coefficient (Wildman–Crippen LogP) is 5.78. The van der Waals surface area contributed by atoms with Crippen molar-refractivity contribution in [2.24, 2.45) is 4.99 Å². The Bertz CT molecular complexity index is 1010. The summed E-state index contributed by atoms with van der Waals surface area (Å²) in [5.74, 6) is 0. The van der Waals surface area contributed by atoms with Gasteiger partial charge in [-0.25, -0.2) is 0 Å². The van der Waals surface area contributed by atoms with E-state index in [1.807, 2.05) is 51.4 Å². The second-order valence-corrected chi connectivity index (χ2v) is 6.23. The molecule has 0 bridgehead atoms. The number of hydrogen-bond donors (Lipinski definition) is 0. The maximum absolute atomic E-state index is 9.02. The zero-order valence-corrected chi connectivity index (χ0v) is 17.1. The SMILES string of the molecule is CC.CCc1cc2ncc(C)c(C(=NC)c3ccc(C#N)cc3)c2cc1C. The van der Waals surface area contributed by atoms with Crippen molar-refractivity contribution in [1.29, 1.82) is 5.26 Å². The van der Waals surface area contributed by atoms with Crippen LogP contribution in [0.4, 0.5) is 0 Å². The van der Waals surface area contributed by atoms with Crippen LogP contribution >= 0.6 is 0 Å². The van der Waals surface area contributed by atoms with Crippen LogP contribution in [0.5, 0.6) is 0 Å². The number of nitrogens with zero attached hydrogens (tertiary/aromatic N) is 3. The summed E-state index contributed by atoms with van der Waals surface area (Å²) in [4.78, 5) is 9.20. The van der Waals surface area contributed by atoms with E-state index in [-0.39, 0.29) is 0 Å². The molecule has 0 aliphatic heterocycles.